The molecule has 0 spiro atoms. The summed E-state index contributed by atoms with van der Waals surface area (Å²) in [5.74, 6) is -1.16. The number of anilines is 1. The molecule has 14 heteroatoms. The number of fused-ring (bicyclic) bond motifs is 1. The van der Waals surface area contributed by atoms with Crippen molar-refractivity contribution >= 4 is 32.9 Å². The molecule has 2 aliphatic heterocycles. The molecule has 38 heavy (non-hydrogen) atoms. The third-order valence-electron chi connectivity index (χ3n) is 6.65. The molecular formula is C24H36F3N5O5S. The van der Waals surface area contributed by atoms with Crippen molar-refractivity contribution in [3.05, 3.63) is 24.0 Å². The summed E-state index contributed by atoms with van der Waals surface area (Å²) < 4.78 is 68.5. The van der Waals surface area contributed by atoms with Crippen LogP contribution in [-0.2, 0) is 31.7 Å². The van der Waals surface area contributed by atoms with Gasteiger partial charge in [-0.3, -0.25) is 4.31 Å². The fourth-order valence-electron chi connectivity index (χ4n) is 4.53. The molecule has 0 radical (unpaired) electrons. The van der Waals surface area contributed by atoms with E-state index in [1.165, 1.54) is 8.61 Å². The van der Waals surface area contributed by atoms with Crippen molar-refractivity contribution in [3.63, 3.8) is 0 Å². The van der Waals surface area contributed by atoms with Crippen LogP contribution in [0, 0.1) is 5.92 Å². The van der Waals surface area contributed by atoms with Crippen molar-refractivity contribution in [1.29, 1.82) is 0 Å². The Morgan fingerprint density at radius 3 is 2.32 bits per heavy atom. The van der Waals surface area contributed by atoms with Crippen molar-refractivity contribution in [1.82, 2.24) is 13.9 Å². The van der Waals surface area contributed by atoms with Crippen LogP contribution in [0.4, 0.5) is 18.9 Å². The zero-order valence-corrected chi connectivity index (χ0v) is 22.8. The Balaban J connectivity index is 0.000000505. The molecule has 0 bridgehead atoms. The smallest absolute Gasteiger partial charge is 0.475 e. The first-order chi connectivity index (χ1) is 17.5. The number of benzene rings is 1. The second-order valence-corrected chi connectivity index (χ2v) is 12.7. The molecule has 2 fully saturated rings. The minimum absolute atomic E-state index is 0.0964. The van der Waals surface area contributed by atoms with Crippen LogP contribution in [-0.4, -0.2) is 78.9 Å². The van der Waals surface area contributed by atoms with Gasteiger partial charge in [0, 0.05) is 51.4 Å². The lowest BCUT2D eigenvalue weighted by Crippen LogP contribution is -2.41. The van der Waals surface area contributed by atoms with E-state index in [2.05, 4.69) is 25.3 Å². The average Bonchev–Trinajstić information content (AvgIpc) is 3.43. The van der Waals surface area contributed by atoms with Gasteiger partial charge in [0.25, 0.3) is 0 Å². The molecule has 0 saturated carbocycles. The van der Waals surface area contributed by atoms with E-state index in [0.29, 0.717) is 31.1 Å². The van der Waals surface area contributed by atoms with Gasteiger partial charge in [-0.1, -0.05) is 20.8 Å². The van der Waals surface area contributed by atoms with Crippen LogP contribution >= 0.6 is 0 Å². The maximum atomic E-state index is 13.1. The second kappa shape index (κ2) is 11.4. The van der Waals surface area contributed by atoms with Gasteiger partial charge >= 0.3 is 22.4 Å². The molecule has 2 aromatic rings. The summed E-state index contributed by atoms with van der Waals surface area (Å²) in [6.45, 7) is 9.87. The molecule has 3 heterocycles. The van der Waals surface area contributed by atoms with Crippen molar-refractivity contribution in [3.8, 4) is 0 Å². The average molecular weight is 564 g/mol. The Kier molecular flexibility index (Phi) is 9.01. The lowest BCUT2D eigenvalue weighted by Gasteiger charge is -2.26. The molecule has 1 unspecified atom stereocenters. The molecule has 4 rings (SSSR count). The van der Waals surface area contributed by atoms with E-state index in [4.69, 9.17) is 25.4 Å². The number of ether oxygens (including phenoxy) is 1. The van der Waals surface area contributed by atoms with Crippen LogP contribution in [0.1, 0.15) is 45.9 Å². The van der Waals surface area contributed by atoms with Gasteiger partial charge < -0.3 is 20.1 Å². The van der Waals surface area contributed by atoms with Crippen molar-refractivity contribution < 1.29 is 36.2 Å². The summed E-state index contributed by atoms with van der Waals surface area (Å²) in [5, 5.41) is 7.12. The van der Waals surface area contributed by atoms with E-state index >= 15 is 0 Å². The predicted molar refractivity (Wildman–Crippen MR) is 137 cm³/mol. The Morgan fingerprint density at radius 1 is 1.21 bits per heavy atom. The predicted octanol–water partition coefficient (Wildman–Crippen LogP) is 3.11. The molecular weight excluding hydrogens is 527 g/mol. The van der Waals surface area contributed by atoms with E-state index in [1.807, 2.05) is 18.2 Å². The topological polar surface area (TPSA) is 131 Å². The van der Waals surface area contributed by atoms with Gasteiger partial charge in [-0.2, -0.15) is 25.9 Å². The van der Waals surface area contributed by atoms with Crippen LogP contribution < -0.4 is 10.0 Å². The zero-order valence-electron chi connectivity index (χ0n) is 22.0. The van der Waals surface area contributed by atoms with Gasteiger partial charge in [-0.15, -0.1) is 0 Å². The van der Waals surface area contributed by atoms with Crippen LogP contribution in [0.5, 0.6) is 0 Å². The Hall–Kier alpha value is -2.42. The van der Waals surface area contributed by atoms with E-state index in [-0.39, 0.29) is 11.5 Å². The molecule has 1 aromatic carbocycles. The van der Waals surface area contributed by atoms with Crippen LogP contribution in [0.25, 0.3) is 11.0 Å². The Bertz CT molecular complexity index is 1240. The first kappa shape index (κ1) is 30.1. The molecule has 2 aliphatic rings. The van der Waals surface area contributed by atoms with Crippen LogP contribution in [0.2, 0.25) is 0 Å². The Labute approximate surface area is 220 Å². The summed E-state index contributed by atoms with van der Waals surface area (Å²) in [6.07, 6.45) is -2.28. The normalized spacial score (nSPS) is 19.8. The molecule has 10 nitrogen and oxygen atoms in total. The maximum absolute atomic E-state index is 13.1. The number of imidazole rings is 1. The van der Waals surface area contributed by atoms with Gasteiger partial charge in [0.05, 0.1) is 16.7 Å². The summed E-state index contributed by atoms with van der Waals surface area (Å²) in [4.78, 5) is 13.9. The molecule has 1 aromatic heterocycles. The van der Waals surface area contributed by atoms with Gasteiger partial charge in [0.2, 0.25) is 0 Å². The monoisotopic (exact) mass is 563 g/mol. The van der Waals surface area contributed by atoms with E-state index < -0.39 is 22.4 Å². The van der Waals surface area contributed by atoms with E-state index in [9.17, 15) is 21.6 Å². The van der Waals surface area contributed by atoms with E-state index in [0.717, 1.165) is 49.5 Å². The van der Waals surface area contributed by atoms with Gasteiger partial charge in [-0.05, 0) is 43.4 Å². The van der Waals surface area contributed by atoms with Gasteiger partial charge in [0.1, 0.15) is 5.82 Å². The highest BCUT2D eigenvalue weighted by Gasteiger charge is 2.38. The lowest BCUT2D eigenvalue weighted by atomic mass is 9.94. The van der Waals surface area contributed by atoms with Crippen molar-refractivity contribution in [2.24, 2.45) is 11.7 Å². The third-order valence-corrected chi connectivity index (χ3v) is 8.54. The fourth-order valence-corrected chi connectivity index (χ4v) is 5.97. The van der Waals surface area contributed by atoms with Gasteiger partial charge in [-0.25, -0.2) is 9.78 Å². The largest absolute Gasteiger partial charge is 0.490 e. The Morgan fingerprint density at radius 2 is 1.82 bits per heavy atom. The number of aliphatic carboxylic acids is 1. The molecule has 0 amide bonds. The minimum Gasteiger partial charge on any atom is -0.475 e. The number of carboxylic acids is 1. The van der Waals surface area contributed by atoms with Crippen molar-refractivity contribution in [2.45, 2.75) is 64.2 Å². The highest BCUT2D eigenvalue weighted by Crippen LogP contribution is 2.32. The lowest BCUT2D eigenvalue weighted by molar-refractivity contribution is -0.192. The molecule has 214 valence electrons. The SMILES string of the molecule is CN(c1ccc2c(c1)nc(C(C)(C)C)n2CC1CCOCC1)S(=O)(=O)N1CCC(N)C1.O=C(O)C(F)(F)F. The molecule has 2 saturated heterocycles. The number of alkyl halides is 3. The number of carbonyl (C=O) groups is 1. The summed E-state index contributed by atoms with van der Waals surface area (Å²) >= 11 is 0. The van der Waals surface area contributed by atoms with Crippen LogP contribution in [0.15, 0.2) is 18.2 Å². The first-order valence-electron chi connectivity index (χ1n) is 12.4. The third kappa shape index (κ3) is 6.96. The quantitative estimate of drug-likeness (QED) is 0.572. The zero-order chi connectivity index (χ0) is 28.5. The second-order valence-electron chi connectivity index (χ2n) is 10.7. The number of rotatable bonds is 5. The summed E-state index contributed by atoms with van der Waals surface area (Å²) in [7, 11) is -2.01. The highest BCUT2D eigenvalue weighted by atomic mass is 32.2. The van der Waals surface area contributed by atoms with Gasteiger partial charge in [0.15, 0.2) is 0 Å². The minimum atomic E-state index is -5.08. The molecule has 3 N–H and O–H groups in total. The number of nitrogens with two attached hydrogens (primary N) is 1. The number of hydrogen-bond acceptors (Lipinski definition) is 6. The number of aromatic nitrogens is 2. The van der Waals surface area contributed by atoms with Crippen LogP contribution in [0.3, 0.4) is 0 Å². The number of carboxylic acid groups (broad SMARTS) is 1. The molecule has 0 aliphatic carbocycles. The summed E-state index contributed by atoms with van der Waals surface area (Å²) in [5.41, 5.74) is 8.30. The molecule has 1 atom stereocenters. The maximum Gasteiger partial charge on any atom is 0.490 e. The fraction of sp³-hybridized carbons (Fsp3) is 0.667. The van der Waals surface area contributed by atoms with Crippen molar-refractivity contribution in [2.75, 3.05) is 37.7 Å². The first-order valence-corrected chi connectivity index (χ1v) is 13.8. The number of halogens is 3. The van der Waals surface area contributed by atoms with E-state index in [1.54, 1.807) is 7.05 Å². The summed E-state index contributed by atoms with van der Waals surface area (Å²) in [6, 6.07) is 5.68. The highest BCUT2D eigenvalue weighted by molar-refractivity contribution is 7.90. The number of nitrogens with zero attached hydrogens (tertiary/aromatic N) is 4. The number of hydrogen-bond donors (Lipinski definition) is 2. The standard InChI is InChI=1S/C22H35N5O3S.C2HF3O2/c1-22(2,3)21-24-19-13-18(25(4)31(28,29)26-10-7-17(23)15-26)5-6-20(19)27(21)14-16-8-11-30-12-9-16;3-2(4,5)1(6)7/h5-6,13,16-17H,7-12,14-15,23H2,1-4H3;(H,6,7).